The Bertz CT molecular complexity index is 750. The molecule has 0 aliphatic heterocycles. The van der Waals surface area contributed by atoms with Gasteiger partial charge < -0.3 is 4.74 Å². The van der Waals surface area contributed by atoms with Crippen LogP contribution in [0.25, 0.3) is 0 Å². The molecule has 0 spiro atoms. The molecular formula is C14H4Cl10O. The Morgan fingerprint density at radius 2 is 0.840 bits per heavy atom. The first-order chi connectivity index (χ1) is 11.4. The van der Waals surface area contributed by atoms with Crippen molar-refractivity contribution in [1.82, 2.24) is 0 Å². The molecule has 25 heavy (non-hydrogen) atoms. The smallest absolute Gasteiger partial charge is 0.248 e. The van der Waals surface area contributed by atoms with Crippen molar-refractivity contribution in [2.75, 3.05) is 0 Å². The zero-order chi connectivity index (χ0) is 19.2. The summed E-state index contributed by atoms with van der Waals surface area (Å²) in [7, 11) is 0. The quantitative estimate of drug-likeness (QED) is 0.276. The molecule has 0 unspecified atom stereocenters. The summed E-state index contributed by atoms with van der Waals surface area (Å²) in [5.74, 6) is 0. The van der Waals surface area contributed by atoms with Crippen molar-refractivity contribution < 1.29 is 4.74 Å². The number of alkyl halides is 4. The van der Waals surface area contributed by atoms with Gasteiger partial charge in [0.05, 0.1) is 30.1 Å². The minimum Gasteiger partial charge on any atom is -0.302 e. The maximum atomic E-state index is 6.24. The van der Waals surface area contributed by atoms with Crippen LogP contribution in [0.1, 0.15) is 11.1 Å². The molecule has 0 saturated carbocycles. The summed E-state index contributed by atoms with van der Waals surface area (Å²) in [6.07, 6.45) is 0. The zero-order valence-corrected chi connectivity index (χ0v) is 19.1. The Kier molecular flexibility index (Phi) is 7.54. The predicted octanol–water partition coefficient (Wildman–Crippen LogP) is 9.50. The second-order valence-electron chi connectivity index (χ2n) is 4.58. The first-order valence-corrected chi connectivity index (χ1v) is 9.90. The Balaban J connectivity index is 2.46. The lowest BCUT2D eigenvalue weighted by atomic mass is 10.2. The average molecular weight is 543 g/mol. The Morgan fingerprint density at radius 1 is 0.520 bits per heavy atom. The maximum Gasteiger partial charge on any atom is 0.248 e. The van der Waals surface area contributed by atoms with E-state index in [4.69, 9.17) is 121 Å². The molecule has 0 saturated heterocycles. The third-order valence-electron chi connectivity index (χ3n) is 2.95. The fourth-order valence-corrected chi connectivity index (χ4v) is 4.55. The van der Waals surface area contributed by atoms with Gasteiger partial charge in [-0.05, 0) is 12.1 Å². The van der Waals surface area contributed by atoms with Crippen LogP contribution in [0, 0.1) is 0 Å². The highest BCUT2D eigenvalue weighted by atomic mass is 35.5. The van der Waals surface area contributed by atoms with Gasteiger partial charge in [-0.2, -0.15) is 0 Å². The van der Waals surface area contributed by atoms with E-state index in [0.717, 1.165) is 0 Å². The van der Waals surface area contributed by atoms with E-state index >= 15 is 0 Å². The van der Waals surface area contributed by atoms with Crippen molar-refractivity contribution in [2.24, 2.45) is 0 Å². The van der Waals surface area contributed by atoms with E-state index in [1.165, 1.54) is 24.3 Å². The maximum absolute atomic E-state index is 6.24. The minimum absolute atomic E-state index is 0.0245. The van der Waals surface area contributed by atoms with Gasteiger partial charge in [0.1, 0.15) is 0 Å². The monoisotopic (exact) mass is 538 g/mol. The van der Waals surface area contributed by atoms with E-state index in [1.807, 2.05) is 0 Å². The molecule has 0 radical (unpaired) electrons. The summed E-state index contributed by atoms with van der Waals surface area (Å²) in [4.78, 5) is 0. The number of hydrogen-bond acceptors (Lipinski definition) is 1. The molecule has 2 aromatic carbocycles. The van der Waals surface area contributed by atoms with Gasteiger partial charge in [-0.1, -0.05) is 128 Å². The van der Waals surface area contributed by atoms with Gasteiger partial charge in [-0.3, -0.25) is 0 Å². The molecule has 11 heteroatoms. The van der Waals surface area contributed by atoms with Gasteiger partial charge in [-0.15, -0.1) is 0 Å². The van der Waals surface area contributed by atoms with E-state index < -0.39 is 9.04 Å². The van der Waals surface area contributed by atoms with Crippen molar-refractivity contribution in [3.63, 3.8) is 0 Å². The van der Waals surface area contributed by atoms with Crippen molar-refractivity contribution in [3.8, 4) is 0 Å². The number of benzene rings is 2. The largest absolute Gasteiger partial charge is 0.302 e. The van der Waals surface area contributed by atoms with E-state index in [0.29, 0.717) is 0 Å². The van der Waals surface area contributed by atoms with Crippen LogP contribution >= 0.6 is 116 Å². The molecule has 0 atom stereocenters. The Labute approximate surface area is 193 Å². The normalized spacial score (nSPS) is 12.6. The van der Waals surface area contributed by atoms with Gasteiger partial charge in [0.2, 0.25) is 9.04 Å². The molecule has 0 N–H and O–H groups in total. The van der Waals surface area contributed by atoms with Gasteiger partial charge in [-0.25, -0.2) is 0 Å². The standard InChI is InChI=1S/C14H4Cl10O/c15-7-3-1-5(9(17)11(7)19)13(21,22)25-14(23,24)6-2-4-8(16)12(20)10(6)18/h1-4H. The number of rotatable bonds is 4. The molecule has 0 aliphatic rings. The van der Waals surface area contributed by atoms with E-state index in [-0.39, 0.29) is 41.3 Å². The fraction of sp³-hybridized carbons (Fsp3) is 0.143. The van der Waals surface area contributed by atoms with Crippen molar-refractivity contribution >= 4 is 116 Å². The molecule has 1 nitrogen and oxygen atoms in total. The number of hydrogen-bond donors (Lipinski definition) is 0. The predicted molar refractivity (Wildman–Crippen MR) is 111 cm³/mol. The molecule has 0 amide bonds. The van der Waals surface area contributed by atoms with E-state index in [1.54, 1.807) is 0 Å². The van der Waals surface area contributed by atoms with Crippen LogP contribution in [0.4, 0.5) is 0 Å². The van der Waals surface area contributed by atoms with Gasteiger partial charge in [0.25, 0.3) is 0 Å². The second kappa shape index (κ2) is 8.35. The molecule has 2 aromatic rings. The molecule has 0 heterocycles. The van der Waals surface area contributed by atoms with Crippen LogP contribution < -0.4 is 0 Å². The SMILES string of the molecule is Clc1ccc(C(Cl)(Cl)OC(Cl)(Cl)c2ccc(Cl)c(Cl)c2Cl)c(Cl)c1Cl. The highest BCUT2D eigenvalue weighted by molar-refractivity contribution is 6.54. The van der Waals surface area contributed by atoms with Crippen LogP contribution in [0.3, 0.4) is 0 Å². The first-order valence-electron chi connectivity index (χ1n) is 6.12. The van der Waals surface area contributed by atoms with Gasteiger partial charge >= 0.3 is 0 Å². The Hall–Kier alpha value is 1.30. The van der Waals surface area contributed by atoms with Crippen molar-refractivity contribution in [2.45, 2.75) is 9.04 Å². The molecule has 0 fully saturated rings. The molecule has 0 bridgehead atoms. The van der Waals surface area contributed by atoms with Crippen molar-refractivity contribution in [3.05, 3.63) is 65.5 Å². The summed E-state index contributed by atoms with van der Waals surface area (Å²) in [5, 5.41) is 0.437. The van der Waals surface area contributed by atoms with E-state index in [2.05, 4.69) is 0 Å². The fourth-order valence-electron chi connectivity index (χ4n) is 1.77. The third-order valence-corrected chi connectivity index (χ3v) is 6.66. The number of halogens is 10. The summed E-state index contributed by atoms with van der Waals surface area (Å²) in [6, 6.07) is 5.70. The summed E-state index contributed by atoms with van der Waals surface area (Å²) in [6.45, 7) is 0. The van der Waals surface area contributed by atoms with Crippen LogP contribution in [-0.4, -0.2) is 0 Å². The lowest BCUT2D eigenvalue weighted by molar-refractivity contribution is 0.0239. The lowest BCUT2D eigenvalue weighted by Crippen LogP contribution is -2.27. The summed E-state index contributed by atoms with van der Waals surface area (Å²) in [5.41, 5.74) is 0.155. The van der Waals surface area contributed by atoms with Crippen LogP contribution in [0.2, 0.25) is 30.1 Å². The highest BCUT2D eigenvalue weighted by Gasteiger charge is 2.43. The minimum atomic E-state index is -2.09. The Morgan fingerprint density at radius 3 is 1.16 bits per heavy atom. The van der Waals surface area contributed by atoms with Crippen molar-refractivity contribution in [1.29, 1.82) is 0 Å². The molecule has 0 aliphatic carbocycles. The van der Waals surface area contributed by atoms with E-state index in [9.17, 15) is 0 Å². The highest BCUT2D eigenvalue weighted by Crippen LogP contribution is 2.52. The van der Waals surface area contributed by atoms with Gasteiger partial charge in [0.15, 0.2) is 0 Å². The summed E-state index contributed by atoms with van der Waals surface area (Å²) < 4.78 is 1.25. The summed E-state index contributed by atoms with van der Waals surface area (Å²) >= 11 is 60.9. The number of ether oxygens (including phenoxy) is 1. The zero-order valence-electron chi connectivity index (χ0n) is 11.5. The van der Waals surface area contributed by atoms with Crippen LogP contribution in [-0.2, 0) is 13.8 Å². The molecule has 136 valence electrons. The van der Waals surface area contributed by atoms with Gasteiger partial charge in [0, 0.05) is 11.1 Å². The van der Waals surface area contributed by atoms with Crippen LogP contribution in [0.15, 0.2) is 24.3 Å². The first kappa shape index (κ1) is 22.6. The van der Waals surface area contributed by atoms with Crippen LogP contribution in [0.5, 0.6) is 0 Å². The molecular weight excluding hydrogens is 539 g/mol. The molecule has 2 rings (SSSR count). The topological polar surface area (TPSA) is 9.23 Å². The lowest BCUT2D eigenvalue weighted by Gasteiger charge is -2.30. The third kappa shape index (κ3) is 4.83. The second-order valence-corrected chi connectivity index (χ2v) is 9.42. The average Bonchev–Trinajstić information content (AvgIpc) is 2.48. The molecule has 0 aromatic heterocycles.